The SMILES string of the molecule is O=C(c1ccc(-c2ccsc2)cc1)N1CCCN(C2CCOC2)CC1. The molecule has 0 saturated carbocycles. The lowest BCUT2D eigenvalue weighted by molar-refractivity contribution is 0.0756. The van der Waals surface area contributed by atoms with Gasteiger partial charge in [-0.2, -0.15) is 11.3 Å². The zero-order valence-corrected chi connectivity index (χ0v) is 15.2. The van der Waals surface area contributed by atoms with Gasteiger partial charge in [0, 0.05) is 44.4 Å². The minimum Gasteiger partial charge on any atom is -0.380 e. The third-order valence-electron chi connectivity index (χ3n) is 5.23. The molecule has 2 aliphatic heterocycles. The van der Waals surface area contributed by atoms with E-state index in [0.29, 0.717) is 6.04 Å². The molecule has 4 rings (SSSR count). The van der Waals surface area contributed by atoms with Crippen molar-refractivity contribution >= 4 is 17.2 Å². The highest BCUT2D eigenvalue weighted by atomic mass is 32.1. The molecule has 5 heteroatoms. The fourth-order valence-electron chi connectivity index (χ4n) is 3.73. The zero-order chi connectivity index (χ0) is 17.1. The first-order chi connectivity index (χ1) is 12.3. The van der Waals surface area contributed by atoms with Crippen molar-refractivity contribution in [1.82, 2.24) is 9.80 Å². The van der Waals surface area contributed by atoms with Crippen LogP contribution in [0.15, 0.2) is 41.1 Å². The summed E-state index contributed by atoms with van der Waals surface area (Å²) in [7, 11) is 0. The van der Waals surface area contributed by atoms with E-state index in [0.717, 1.165) is 57.8 Å². The minimum absolute atomic E-state index is 0.154. The molecule has 1 atom stereocenters. The van der Waals surface area contributed by atoms with Gasteiger partial charge in [0.05, 0.1) is 6.61 Å². The second-order valence-corrected chi connectivity index (χ2v) is 7.57. The second-order valence-electron chi connectivity index (χ2n) is 6.79. The van der Waals surface area contributed by atoms with E-state index in [1.807, 2.05) is 17.0 Å². The molecule has 25 heavy (non-hydrogen) atoms. The molecular weight excluding hydrogens is 332 g/mol. The first kappa shape index (κ1) is 16.8. The van der Waals surface area contributed by atoms with Gasteiger partial charge in [-0.25, -0.2) is 0 Å². The van der Waals surface area contributed by atoms with Crippen LogP contribution in [0.25, 0.3) is 11.1 Å². The average Bonchev–Trinajstić information content (AvgIpc) is 3.32. The summed E-state index contributed by atoms with van der Waals surface area (Å²) in [6.45, 7) is 5.39. The van der Waals surface area contributed by atoms with E-state index in [-0.39, 0.29) is 5.91 Å². The van der Waals surface area contributed by atoms with Gasteiger partial charge in [-0.1, -0.05) is 12.1 Å². The van der Waals surface area contributed by atoms with Crippen LogP contribution in [0.5, 0.6) is 0 Å². The Labute approximate surface area is 153 Å². The molecule has 3 heterocycles. The normalized spacial score (nSPS) is 22.1. The fourth-order valence-corrected chi connectivity index (χ4v) is 4.40. The Balaban J connectivity index is 1.40. The van der Waals surface area contributed by atoms with Crippen LogP contribution in [-0.4, -0.2) is 61.1 Å². The summed E-state index contributed by atoms with van der Waals surface area (Å²) in [6, 6.07) is 10.7. The molecular formula is C20H24N2O2S. The van der Waals surface area contributed by atoms with Crippen molar-refractivity contribution < 1.29 is 9.53 Å². The van der Waals surface area contributed by atoms with Crippen molar-refractivity contribution in [3.05, 3.63) is 46.7 Å². The largest absolute Gasteiger partial charge is 0.380 e. The lowest BCUT2D eigenvalue weighted by Gasteiger charge is -2.26. The molecule has 0 N–H and O–H groups in total. The summed E-state index contributed by atoms with van der Waals surface area (Å²) in [5.74, 6) is 0.154. The second kappa shape index (κ2) is 7.68. The van der Waals surface area contributed by atoms with Gasteiger partial charge in [-0.05, 0) is 52.9 Å². The van der Waals surface area contributed by atoms with Gasteiger partial charge >= 0.3 is 0 Å². The highest BCUT2D eigenvalue weighted by molar-refractivity contribution is 7.08. The Hall–Kier alpha value is -1.69. The van der Waals surface area contributed by atoms with Crippen LogP contribution in [0.2, 0.25) is 0 Å². The third-order valence-corrected chi connectivity index (χ3v) is 5.91. The monoisotopic (exact) mass is 356 g/mol. The van der Waals surface area contributed by atoms with E-state index in [9.17, 15) is 4.79 Å². The van der Waals surface area contributed by atoms with Gasteiger partial charge in [0.25, 0.3) is 5.91 Å². The predicted molar refractivity (Wildman–Crippen MR) is 101 cm³/mol. The summed E-state index contributed by atoms with van der Waals surface area (Å²) < 4.78 is 5.52. The van der Waals surface area contributed by atoms with Crippen LogP contribution in [0.4, 0.5) is 0 Å². The van der Waals surface area contributed by atoms with E-state index in [4.69, 9.17) is 4.74 Å². The molecule has 1 aromatic heterocycles. The summed E-state index contributed by atoms with van der Waals surface area (Å²) in [5, 5.41) is 4.21. The van der Waals surface area contributed by atoms with Crippen molar-refractivity contribution in [3.8, 4) is 11.1 Å². The maximum atomic E-state index is 12.9. The standard InChI is InChI=1S/C20H24N2O2S/c23-20(17-4-2-16(3-5-17)18-7-13-25-15-18)22-9-1-8-21(10-11-22)19-6-12-24-14-19/h2-5,7,13,15,19H,1,6,8-12,14H2. The van der Waals surface area contributed by atoms with E-state index in [2.05, 4.69) is 33.9 Å². The molecule has 2 fully saturated rings. The summed E-state index contributed by atoms with van der Waals surface area (Å²) in [5.41, 5.74) is 3.17. The third kappa shape index (κ3) is 3.78. The minimum atomic E-state index is 0.154. The van der Waals surface area contributed by atoms with Crippen molar-refractivity contribution in [3.63, 3.8) is 0 Å². The van der Waals surface area contributed by atoms with Crippen LogP contribution in [-0.2, 0) is 4.74 Å². The molecule has 1 aromatic carbocycles. The number of ether oxygens (including phenoxy) is 1. The lowest BCUT2D eigenvalue weighted by Crippen LogP contribution is -2.39. The average molecular weight is 356 g/mol. The first-order valence-corrected chi connectivity index (χ1v) is 9.99. The van der Waals surface area contributed by atoms with Crippen LogP contribution >= 0.6 is 11.3 Å². The number of hydrogen-bond acceptors (Lipinski definition) is 4. The Bertz CT molecular complexity index is 693. The van der Waals surface area contributed by atoms with Gasteiger partial charge in [0.2, 0.25) is 0 Å². The summed E-state index contributed by atoms with van der Waals surface area (Å²) in [4.78, 5) is 17.4. The molecule has 1 unspecified atom stereocenters. The quantitative estimate of drug-likeness (QED) is 0.845. The van der Waals surface area contributed by atoms with Gasteiger partial charge in [-0.3, -0.25) is 9.69 Å². The lowest BCUT2D eigenvalue weighted by atomic mass is 10.1. The zero-order valence-electron chi connectivity index (χ0n) is 14.4. The Morgan fingerprint density at radius 2 is 1.92 bits per heavy atom. The first-order valence-electron chi connectivity index (χ1n) is 9.05. The van der Waals surface area contributed by atoms with E-state index in [1.54, 1.807) is 11.3 Å². The Kier molecular flexibility index (Phi) is 5.15. The van der Waals surface area contributed by atoms with E-state index < -0.39 is 0 Å². The molecule has 2 saturated heterocycles. The smallest absolute Gasteiger partial charge is 0.253 e. The molecule has 0 bridgehead atoms. The number of nitrogens with zero attached hydrogens (tertiary/aromatic N) is 2. The molecule has 2 aromatic rings. The van der Waals surface area contributed by atoms with Gasteiger partial charge < -0.3 is 9.64 Å². The number of rotatable bonds is 3. The fraction of sp³-hybridized carbons (Fsp3) is 0.450. The topological polar surface area (TPSA) is 32.8 Å². The van der Waals surface area contributed by atoms with Crippen molar-refractivity contribution in [1.29, 1.82) is 0 Å². The number of carbonyl (C=O) groups excluding carboxylic acids is 1. The molecule has 2 aliphatic rings. The molecule has 132 valence electrons. The maximum absolute atomic E-state index is 12.9. The summed E-state index contributed by atoms with van der Waals surface area (Å²) in [6.07, 6.45) is 2.16. The van der Waals surface area contributed by atoms with Crippen LogP contribution < -0.4 is 0 Å². The van der Waals surface area contributed by atoms with Gasteiger partial charge in [0.1, 0.15) is 0 Å². The molecule has 4 nitrogen and oxygen atoms in total. The summed E-state index contributed by atoms with van der Waals surface area (Å²) >= 11 is 1.69. The predicted octanol–water partition coefficient (Wildman–Crippen LogP) is 3.35. The van der Waals surface area contributed by atoms with Crippen LogP contribution in [0, 0.1) is 0 Å². The van der Waals surface area contributed by atoms with Crippen LogP contribution in [0.1, 0.15) is 23.2 Å². The van der Waals surface area contributed by atoms with E-state index >= 15 is 0 Å². The number of benzene rings is 1. The molecule has 0 aliphatic carbocycles. The van der Waals surface area contributed by atoms with Gasteiger partial charge in [0.15, 0.2) is 0 Å². The van der Waals surface area contributed by atoms with E-state index in [1.165, 1.54) is 11.1 Å². The number of carbonyl (C=O) groups is 1. The van der Waals surface area contributed by atoms with Gasteiger partial charge in [-0.15, -0.1) is 0 Å². The Morgan fingerprint density at radius 3 is 2.64 bits per heavy atom. The van der Waals surface area contributed by atoms with Crippen molar-refractivity contribution in [2.75, 3.05) is 39.4 Å². The Morgan fingerprint density at radius 1 is 1.04 bits per heavy atom. The molecule has 1 amide bonds. The molecule has 0 spiro atoms. The maximum Gasteiger partial charge on any atom is 0.253 e. The van der Waals surface area contributed by atoms with Crippen molar-refractivity contribution in [2.45, 2.75) is 18.9 Å². The molecule has 0 radical (unpaired) electrons. The van der Waals surface area contributed by atoms with Crippen molar-refractivity contribution in [2.24, 2.45) is 0 Å². The highest BCUT2D eigenvalue weighted by Gasteiger charge is 2.27. The van der Waals surface area contributed by atoms with Crippen LogP contribution in [0.3, 0.4) is 0 Å². The number of amides is 1. The number of hydrogen-bond donors (Lipinski definition) is 0. The highest BCUT2D eigenvalue weighted by Crippen LogP contribution is 2.23. The number of thiophene rings is 1.